The summed E-state index contributed by atoms with van der Waals surface area (Å²) in [5.74, 6) is 3.20. The summed E-state index contributed by atoms with van der Waals surface area (Å²) in [5, 5.41) is 0. The summed E-state index contributed by atoms with van der Waals surface area (Å²) in [6, 6.07) is 0. The summed E-state index contributed by atoms with van der Waals surface area (Å²) in [7, 11) is -7.98. The normalized spacial score (nSPS) is 35.0. The molecule has 25 heavy (non-hydrogen) atoms. The van der Waals surface area contributed by atoms with E-state index in [9.17, 15) is 0 Å². The second-order valence-corrected chi connectivity index (χ2v) is 28.4. The van der Waals surface area contributed by atoms with Gasteiger partial charge in [-0.25, -0.2) is 0 Å². The van der Waals surface area contributed by atoms with Crippen LogP contribution in [0.3, 0.4) is 0 Å². The molecule has 0 aromatic carbocycles. The van der Waals surface area contributed by atoms with Gasteiger partial charge in [0.2, 0.25) is 0 Å². The van der Waals surface area contributed by atoms with Gasteiger partial charge in [0.15, 0.2) is 25.0 Å². The van der Waals surface area contributed by atoms with Crippen LogP contribution in [0.2, 0.25) is 64.5 Å². The van der Waals surface area contributed by atoms with Gasteiger partial charge in [0.05, 0.1) is 0 Å². The fraction of sp³-hybridized carbons (Fsp3) is 0.889. The van der Waals surface area contributed by atoms with E-state index in [2.05, 4.69) is 71.1 Å². The zero-order valence-corrected chi connectivity index (χ0v) is 21.7. The van der Waals surface area contributed by atoms with Crippen molar-refractivity contribution in [1.29, 1.82) is 0 Å². The summed E-state index contributed by atoms with van der Waals surface area (Å²) >= 11 is 0. The zero-order valence-electron chi connectivity index (χ0n) is 17.7. The minimum atomic E-state index is -2.69. The van der Waals surface area contributed by atoms with E-state index in [1.165, 1.54) is 12.8 Å². The van der Waals surface area contributed by atoms with Crippen LogP contribution >= 0.6 is 0 Å². The van der Waals surface area contributed by atoms with Crippen LogP contribution in [0.1, 0.15) is 12.8 Å². The van der Waals surface area contributed by atoms with Crippen molar-refractivity contribution in [1.82, 2.24) is 0 Å². The molecule has 0 radical (unpaired) electrons. The molecule has 3 nitrogen and oxygen atoms in total. The van der Waals surface area contributed by atoms with Crippen molar-refractivity contribution >= 4 is 33.8 Å². The average Bonchev–Trinajstić information content (AvgIpc) is 2.75. The predicted octanol–water partition coefficient (Wildman–Crippen LogP) is 5.69. The lowest BCUT2D eigenvalue weighted by molar-refractivity contribution is 0.0968. The summed E-state index contributed by atoms with van der Waals surface area (Å²) in [6.45, 7) is 20.7. The van der Waals surface area contributed by atoms with E-state index in [-0.39, 0.29) is 0 Å². The number of hydrogen-bond donors (Lipinski definition) is 0. The second kappa shape index (κ2) is 6.25. The molecule has 0 N–H and O–H groups in total. The van der Waals surface area contributed by atoms with E-state index in [1.54, 1.807) is 0 Å². The molecule has 0 aromatic rings. The maximum atomic E-state index is 6.98. The maximum absolute atomic E-state index is 6.98. The van der Waals surface area contributed by atoms with Crippen molar-refractivity contribution in [3.05, 3.63) is 12.2 Å². The maximum Gasteiger partial charge on any atom is 0.473 e. The molecule has 5 atom stereocenters. The minimum absolute atomic E-state index is 0.530. The zero-order chi connectivity index (χ0) is 18.8. The molecular weight excluding hydrogens is 377 g/mol. The van der Waals surface area contributed by atoms with Gasteiger partial charge in [0, 0.05) is 5.54 Å². The van der Waals surface area contributed by atoms with Crippen molar-refractivity contribution in [3.63, 3.8) is 0 Å². The van der Waals surface area contributed by atoms with Crippen LogP contribution in [0, 0.1) is 23.7 Å². The topological polar surface area (TPSA) is 27.7 Å². The first-order valence-corrected chi connectivity index (χ1v) is 22.0. The number of fused-ring (bicyclic) bond motifs is 5. The third-order valence-corrected chi connectivity index (χ3v) is 17.8. The lowest BCUT2D eigenvalue weighted by atomic mass is 9.67. The van der Waals surface area contributed by atoms with Crippen molar-refractivity contribution in [3.8, 4) is 0 Å². The molecule has 0 amide bonds. The quantitative estimate of drug-likeness (QED) is 0.395. The largest absolute Gasteiger partial charge is 0.473 e. The third-order valence-electron chi connectivity index (χ3n) is 5.48. The van der Waals surface area contributed by atoms with E-state index in [1.807, 2.05) is 0 Å². The van der Waals surface area contributed by atoms with Gasteiger partial charge in [-0.1, -0.05) is 12.2 Å². The fourth-order valence-corrected chi connectivity index (χ4v) is 20.3. The summed E-state index contributed by atoms with van der Waals surface area (Å²) < 4.78 is 20.9. The Morgan fingerprint density at radius 3 is 1.48 bits per heavy atom. The SMILES string of the molecule is C[Si](C)(C)O[Si](O[Si](C)(C)C)(O[Si](C)(C)C)C1CC2C3C=CC(C3)C21. The van der Waals surface area contributed by atoms with Gasteiger partial charge in [-0.15, -0.1) is 0 Å². The molecule has 5 unspecified atom stereocenters. The van der Waals surface area contributed by atoms with Gasteiger partial charge in [0.25, 0.3) is 0 Å². The monoisotopic (exact) mass is 414 g/mol. The van der Waals surface area contributed by atoms with Crippen LogP contribution < -0.4 is 0 Å². The summed E-state index contributed by atoms with van der Waals surface area (Å²) in [6.07, 6.45) is 7.59. The smallest absolute Gasteiger partial charge is 0.417 e. The second-order valence-electron chi connectivity index (χ2n) is 11.3. The highest BCUT2D eigenvalue weighted by Crippen LogP contribution is 2.66. The van der Waals surface area contributed by atoms with E-state index in [0.717, 1.165) is 23.7 Å². The van der Waals surface area contributed by atoms with Gasteiger partial charge in [-0.3, -0.25) is 0 Å². The third kappa shape index (κ3) is 4.33. The van der Waals surface area contributed by atoms with Crippen LogP contribution in [-0.4, -0.2) is 33.8 Å². The van der Waals surface area contributed by atoms with Gasteiger partial charge in [-0.2, -0.15) is 0 Å². The Morgan fingerprint density at radius 2 is 1.08 bits per heavy atom. The molecule has 3 rings (SSSR count). The van der Waals surface area contributed by atoms with E-state index in [4.69, 9.17) is 12.3 Å². The lowest BCUT2D eigenvalue weighted by Crippen LogP contribution is -2.67. The van der Waals surface area contributed by atoms with E-state index >= 15 is 0 Å². The highest BCUT2D eigenvalue weighted by Gasteiger charge is 2.67. The lowest BCUT2D eigenvalue weighted by Gasteiger charge is -2.55. The van der Waals surface area contributed by atoms with E-state index in [0.29, 0.717) is 5.54 Å². The Hall–Kier alpha value is 0.488. The van der Waals surface area contributed by atoms with Crippen molar-refractivity contribution in [2.75, 3.05) is 0 Å². The van der Waals surface area contributed by atoms with Crippen LogP contribution in [-0.2, 0) is 12.3 Å². The molecular formula is C18H38O3Si4. The van der Waals surface area contributed by atoms with Crippen LogP contribution in [0.15, 0.2) is 12.2 Å². The molecule has 0 saturated heterocycles. The Morgan fingerprint density at radius 1 is 0.640 bits per heavy atom. The number of allylic oxidation sites excluding steroid dienone is 2. The predicted molar refractivity (Wildman–Crippen MR) is 115 cm³/mol. The van der Waals surface area contributed by atoms with Gasteiger partial charge in [0.1, 0.15) is 0 Å². The van der Waals surface area contributed by atoms with Gasteiger partial charge < -0.3 is 12.3 Å². The molecule has 2 bridgehead atoms. The first-order chi connectivity index (χ1) is 11.2. The molecule has 0 spiro atoms. The van der Waals surface area contributed by atoms with Gasteiger partial charge >= 0.3 is 8.80 Å². The Balaban J connectivity index is 1.96. The number of hydrogen-bond acceptors (Lipinski definition) is 3. The molecule has 0 aliphatic heterocycles. The highest BCUT2D eigenvalue weighted by atomic mass is 28.5. The summed E-state index contributed by atoms with van der Waals surface area (Å²) in [4.78, 5) is 0. The number of rotatable bonds is 7. The van der Waals surface area contributed by atoms with Crippen LogP contribution in [0.4, 0.5) is 0 Å². The molecule has 7 heteroatoms. The van der Waals surface area contributed by atoms with Gasteiger partial charge in [-0.05, 0) is 95.4 Å². The Labute approximate surface area is 159 Å². The first-order valence-electron chi connectivity index (χ1n) is 9.98. The van der Waals surface area contributed by atoms with Crippen molar-refractivity contribution in [2.24, 2.45) is 23.7 Å². The molecule has 2 saturated carbocycles. The molecule has 3 aliphatic rings. The Kier molecular flexibility index (Phi) is 5.06. The summed E-state index contributed by atoms with van der Waals surface area (Å²) in [5.41, 5.74) is 0.530. The minimum Gasteiger partial charge on any atom is -0.417 e. The van der Waals surface area contributed by atoms with E-state index < -0.39 is 33.8 Å². The van der Waals surface area contributed by atoms with Crippen LogP contribution in [0.25, 0.3) is 0 Å². The van der Waals surface area contributed by atoms with Crippen molar-refractivity contribution in [2.45, 2.75) is 77.3 Å². The van der Waals surface area contributed by atoms with Crippen molar-refractivity contribution < 1.29 is 12.3 Å². The molecule has 0 heterocycles. The molecule has 144 valence electrons. The van der Waals surface area contributed by atoms with Crippen LogP contribution in [0.5, 0.6) is 0 Å². The average molecular weight is 415 g/mol. The molecule has 2 fully saturated rings. The highest BCUT2D eigenvalue weighted by molar-refractivity contribution is 6.90. The Bertz CT molecular complexity index is 503. The standard InChI is InChI=1S/C18H38O3Si4/c1-22(2,3)19-25(20-23(4,5)6,21-24(7,8)9)17-13-16-14-10-11-15(12-14)18(16)17/h10-11,14-18H,12-13H2,1-9H3. The molecule has 0 aromatic heterocycles. The fourth-order valence-electron chi connectivity index (χ4n) is 5.10. The molecule has 3 aliphatic carbocycles. The first kappa shape index (κ1) is 20.2.